The van der Waals surface area contributed by atoms with Gasteiger partial charge in [0, 0.05) is 12.8 Å². The van der Waals surface area contributed by atoms with Crippen LogP contribution in [0.15, 0.2) is 0 Å². The summed E-state index contributed by atoms with van der Waals surface area (Å²) in [6, 6.07) is -1.89. The van der Waals surface area contributed by atoms with Crippen molar-refractivity contribution in [1.29, 1.82) is 0 Å². The molecular weight excluding hydrogens is 188 g/mol. The number of hydrogen-bond donors (Lipinski definition) is 3. The standard InChI is InChI=1S/C8H14N2O4/c9-5(3-4-11)7(12)2-1-6(10)8(13)14/h4-6H,1-3,9-10H2,(H,13,14)/t5?,6-/m0/s1. The molecule has 6 nitrogen and oxygen atoms in total. The van der Waals surface area contributed by atoms with Crippen LogP contribution in [0.5, 0.6) is 0 Å². The first-order valence-corrected chi connectivity index (χ1v) is 4.19. The fraction of sp³-hybridized carbons (Fsp3) is 0.625. The lowest BCUT2D eigenvalue weighted by atomic mass is 10.0. The zero-order valence-electron chi connectivity index (χ0n) is 7.68. The second-order valence-electron chi connectivity index (χ2n) is 2.96. The average Bonchev–Trinajstić information content (AvgIpc) is 2.13. The lowest BCUT2D eigenvalue weighted by Gasteiger charge is -2.08. The minimum atomic E-state index is -1.15. The van der Waals surface area contributed by atoms with Gasteiger partial charge >= 0.3 is 5.97 Å². The number of nitrogens with two attached hydrogens (primary N) is 2. The van der Waals surface area contributed by atoms with Gasteiger partial charge < -0.3 is 21.4 Å². The van der Waals surface area contributed by atoms with Crippen molar-refractivity contribution in [2.24, 2.45) is 11.5 Å². The molecule has 0 aromatic rings. The fourth-order valence-corrected chi connectivity index (χ4v) is 0.842. The van der Waals surface area contributed by atoms with Crippen LogP contribution in [-0.2, 0) is 14.4 Å². The highest BCUT2D eigenvalue weighted by Crippen LogP contribution is 2.00. The Balaban J connectivity index is 3.84. The van der Waals surface area contributed by atoms with Crippen LogP contribution in [-0.4, -0.2) is 35.2 Å². The molecule has 0 saturated heterocycles. The van der Waals surface area contributed by atoms with Gasteiger partial charge in [-0.05, 0) is 6.42 Å². The van der Waals surface area contributed by atoms with Gasteiger partial charge in [0.2, 0.25) is 0 Å². The summed E-state index contributed by atoms with van der Waals surface area (Å²) in [4.78, 5) is 31.4. The van der Waals surface area contributed by atoms with E-state index in [1.807, 2.05) is 0 Å². The van der Waals surface area contributed by atoms with Crippen LogP contribution < -0.4 is 11.5 Å². The van der Waals surface area contributed by atoms with E-state index in [9.17, 15) is 14.4 Å². The Kier molecular flexibility index (Phi) is 5.66. The molecule has 5 N–H and O–H groups in total. The summed E-state index contributed by atoms with van der Waals surface area (Å²) in [7, 11) is 0. The highest BCUT2D eigenvalue weighted by Gasteiger charge is 2.17. The van der Waals surface area contributed by atoms with Crippen molar-refractivity contribution < 1.29 is 19.5 Å². The van der Waals surface area contributed by atoms with Crippen molar-refractivity contribution in [3.05, 3.63) is 0 Å². The maximum absolute atomic E-state index is 11.1. The van der Waals surface area contributed by atoms with E-state index in [-0.39, 0.29) is 25.0 Å². The third kappa shape index (κ3) is 4.68. The maximum atomic E-state index is 11.1. The molecule has 1 unspecified atom stereocenters. The monoisotopic (exact) mass is 202 g/mol. The van der Waals surface area contributed by atoms with E-state index in [1.165, 1.54) is 0 Å². The summed E-state index contributed by atoms with van der Waals surface area (Å²) in [6.07, 6.45) is 0.546. The molecule has 0 heterocycles. The molecule has 0 amide bonds. The van der Waals surface area contributed by atoms with Crippen molar-refractivity contribution in [2.75, 3.05) is 0 Å². The number of carbonyl (C=O) groups excluding carboxylic acids is 2. The van der Waals surface area contributed by atoms with Gasteiger partial charge in [0.15, 0.2) is 0 Å². The van der Waals surface area contributed by atoms with Gasteiger partial charge in [0.25, 0.3) is 0 Å². The van der Waals surface area contributed by atoms with Crippen molar-refractivity contribution in [3.63, 3.8) is 0 Å². The summed E-state index contributed by atoms with van der Waals surface area (Å²) >= 11 is 0. The Bertz CT molecular complexity index is 229. The molecule has 80 valence electrons. The first-order chi connectivity index (χ1) is 6.49. The molecule has 0 radical (unpaired) electrons. The predicted molar refractivity (Wildman–Crippen MR) is 48.5 cm³/mol. The highest BCUT2D eigenvalue weighted by atomic mass is 16.4. The van der Waals surface area contributed by atoms with Crippen LogP contribution in [0.1, 0.15) is 19.3 Å². The summed E-state index contributed by atoms with van der Waals surface area (Å²) in [5.74, 6) is -1.49. The molecule has 0 aliphatic carbocycles. The molecule has 14 heavy (non-hydrogen) atoms. The summed E-state index contributed by atoms with van der Waals surface area (Å²) < 4.78 is 0. The first-order valence-electron chi connectivity index (χ1n) is 4.19. The number of hydrogen-bond acceptors (Lipinski definition) is 5. The molecule has 0 aliphatic heterocycles. The van der Waals surface area contributed by atoms with Crippen molar-refractivity contribution in [2.45, 2.75) is 31.3 Å². The van der Waals surface area contributed by atoms with Gasteiger partial charge in [0.05, 0.1) is 6.04 Å². The van der Waals surface area contributed by atoms with Crippen molar-refractivity contribution in [1.82, 2.24) is 0 Å². The van der Waals surface area contributed by atoms with E-state index >= 15 is 0 Å². The van der Waals surface area contributed by atoms with Crippen molar-refractivity contribution in [3.8, 4) is 0 Å². The minimum Gasteiger partial charge on any atom is -0.480 e. The lowest BCUT2D eigenvalue weighted by Crippen LogP contribution is -2.35. The highest BCUT2D eigenvalue weighted by molar-refractivity contribution is 5.86. The van der Waals surface area contributed by atoms with Crippen LogP contribution in [0, 0.1) is 0 Å². The quantitative estimate of drug-likeness (QED) is 0.439. The second-order valence-corrected chi connectivity index (χ2v) is 2.96. The zero-order chi connectivity index (χ0) is 11.1. The number of rotatable bonds is 7. The normalized spacial score (nSPS) is 14.4. The van der Waals surface area contributed by atoms with Crippen LogP contribution in [0.2, 0.25) is 0 Å². The summed E-state index contributed by atoms with van der Waals surface area (Å²) in [5, 5.41) is 8.41. The van der Waals surface area contributed by atoms with Crippen LogP contribution >= 0.6 is 0 Å². The molecular formula is C8H14N2O4. The van der Waals surface area contributed by atoms with Gasteiger partial charge in [-0.25, -0.2) is 0 Å². The number of aldehydes is 1. The Morgan fingerprint density at radius 2 is 1.86 bits per heavy atom. The largest absolute Gasteiger partial charge is 0.480 e. The molecule has 0 spiro atoms. The molecule has 0 aromatic heterocycles. The summed E-state index contributed by atoms with van der Waals surface area (Å²) in [5.41, 5.74) is 10.5. The maximum Gasteiger partial charge on any atom is 0.320 e. The van der Waals surface area contributed by atoms with Crippen LogP contribution in [0.3, 0.4) is 0 Å². The third-order valence-corrected chi connectivity index (χ3v) is 1.78. The van der Waals surface area contributed by atoms with Crippen LogP contribution in [0.25, 0.3) is 0 Å². The number of carbonyl (C=O) groups is 3. The SMILES string of the molecule is NC(CC=O)C(=O)CC[C@H](N)C(=O)O. The van der Waals surface area contributed by atoms with E-state index < -0.39 is 18.1 Å². The Morgan fingerprint density at radius 3 is 2.29 bits per heavy atom. The number of carboxylic acid groups (broad SMARTS) is 1. The fourth-order valence-electron chi connectivity index (χ4n) is 0.842. The predicted octanol–water partition coefficient (Wildman–Crippen LogP) is -1.34. The van der Waals surface area contributed by atoms with Gasteiger partial charge in [-0.2, -0.15) is 0 Å². The van der Waals surface area contributed by atoms with Crippen molar-refractivity contribution >= 4 is 18.0 Å². The number of ketones is 1. The van der Waals surface area contributed by atoms with E-state index in [4.69, 9.17) is 16.6 Å². The number of carboxylic acids is 1. The second kappa shape index (κ2) is 6.22. The Labute approximate surface area is 81.3 Å². The smallest absolute Gasteiger partial charge is 0.320 e. The molecule has 6 heteroatoms. The van der Waals surface area contributed by atoms with E-state index in [2.05, 4.69) is 0 Å². The molecule has 0 fully saturated rings. The Morgan fingerprint density at radius 1 is 1.29 bits per heavy atom. The molecule has 0 saturated carbocycles. The lowest BCUT2D eigenvalue weighted by molar-refractivity contribution is -0.138. The van der Waals surface area contributed by atoms with E-state index in [0.29, 0.717) is 6.29 Å². The number of aliphatic carboxylic acids is 1. The number of Topliss-reactive ketones (excluding diaryl/α,β-unsaturated/α-hetero) is 1. The van der Waals surface area contributed by atoms with Gasteiger partial charge in [-0.1, -0.05) is 0 Å². The average molecular weight is 202 g/mol. The van der Waals surface area contributed by atoms with Gasteiger partial charge in [-0.15, -0.1) is 0 Å². The van der Waals surface area contributed by atoms with E-state index in [0.717, 1.165) is 0 Å². The first kappa shape index (κ1) is 12.7. The molecule has 0 aliphatic rings. The molecule has 0 bridgehead atoms. The molecule has 0 rings (SSSR count). The summed E-state index contributed by atoms with van der Waals surface area (Å²) in [6.45, 7) is 0. The molecule has 0 aromatic carbocycles. The zero-order valence-corrected chi connectivity index (χ0v) is 7.68. The van der Waals surface area contributed by atoms with Gasteiger partial charge in [-0.3, -0.25) is 9.59 Å². The van der Waals surface area contributed by atoms with Gasteiger partial charge in [0.1, 0.15) is 18.1 Å². The Hall–Kier alpha value is -1.27. The minimum absolute atomic E-state index is 0.0114. The van der Waals surface area contributed by atoms with E-state index in [1.54, 1.807) is 0 Å². The topological polar surface area (TPSA) is 123 Å². The molecule has 2 atom stereocenters. The third-order valence-electron chi connectivity index (χ3n) is 1.78. The van der Waals surface area contributed by atoms with Crippen LogP contribution in [0.4, 0.5) is 0 Å².